The standard InChI is InChI=1S/C15H23ClN2O2/c1-3-4-11(2)18-15(19)10-20-14-6-5-13(16)9-12(14)7-8-17/h5-6,9,11H,3-4,7-8,10,17H2,1-2H3,(H,18,19). The minimum Gasteiger partial charge on any atom is -0.483 e. The average Bonchev–Trinajstić information content (AvgIpc) is 2.38. The maximum Gasteiger partial charge on any atom is 0.258 e. The molecular formula is C15H23ClN2O2. The molecule has 0 aliphatic heterocycles. The number of nitrogens with two attached hydrogens (primary N) is 1. The molecule has 0 aromatic heterocycles. The number of halogens is 1. The minimum absolute atomic E-state index is 0.00720. The highest BCUT2D eigenvalue weighted by Gasteiger charge is 2.09. The smallest absolute Gasteiger partial charge is 0.258 e. The molecule has 0 spiro atoms. The summed E-state index contributed by atoms with van der Waals surface area (Å²) in [6.07, 6.45) is 2.68. The molecule has 0 radical (unpaired) electrons. The summed E-state index contributed by atoms with van der Waals surface area (Å²) in [7, 11) is 0. The zero-order valence-corrected chi connectivity index (χ0v) is 12.9. The van der Waals surface area contributed by atoms with E-state index in [-0.39, 0.29) is 18.6 Å². The van der Waals surface area contributed by atoms with Gasteiger partial charge in [-0.05, 0) is 50.1 Å². The number of amides is 1. The fraction of sp³-hybridized carbons (Fsp3) is 0.533. The zero-order valence-electron chi connectivity index (χ0n) is 12.1. The lowest BCUT2D eigenvalue weighted by molar-refractivity contribution is -0.123. The molecular weight excluding hydrogens is 276 g/mol. The van der Waals surface area contributed by atoms with Crippen LogP contribution in [0.2, 0.25) is 5.02 Å². The largest absolute Gasteiger partial charge is 0.483 e. The first kappa shape index (κ1) is 16.8. The molecule has 0 saturated carbocycles. The average molecular weight is 299 g/mol. The number of rotatable bonds is 8. The summed E-state index contributed by atoms with van der Waals surface area (Å²) in [6, 6.07) is 5.51. The van der Waals surface area contributed by atoms with Crippen molar-refractivity contribution >= 4 is 17.5 Å². The van der Waals surface area contributed by atoms with Crippen molar-refractivity contribution in [2.45, 2.75) is 39.2 Å². The summed E-state index contributed by atoms with van der Waals surface area (Å²) >= 11 is 5.94. The number of carbonyl (C=O) groups excluding carboxylic acids is 1. The van der Waals surface area contributed by atoms with Crippen LogP contribution in [0, 0.1) is 0 Å². The normalized spacial score (nSPS) is 12.0. The van der Waals surface area contributed by atoms with Gasteiger partial charge in [0.05, 0.1) is 0 Å². The second-order valence-corrected chi connectivity index (χ2v) is 5.27. The van der Waals surface area contributed by atoms with Crippen LogP contribution in [0.15, 0.2) is 18.2 Å². The van der Waals surface area contributed by atoms with Crippen molar-refractivity contribution in [1.29, 1.82) is 0 Å². The van der Waals surface area contributed by atoms with E-state index in [9.17, 15) is 4.79 Å². The summed E-state index contributed by atoms with van der Waals surface area (Å²) in [5.74, 6) is 0.553. The van der Waals surface area contributed by atoms with Gasteiger partial charge in [-0.25, -0.2) is 0 Å². The Morgan fingerprint density at radius 3 is 2.90 bits per heavy atom. The van der Waals surface area contributed by atoms with Gasteiger partial charge in [-0.3, -0.25) is 4.79 Å². The van der Waals surface area contributed by atoms with Gasteiger partial charge in [-0.2, -0.15) is 0 Å². The molecule has 4 nitrogen and oxygen atoms in total. The summed E-state index contributed by atoms with van der Waals surface area (Å²) in [5.41, 5.74) is 6.48. The van der Waals surface area contributed by atoms with Crippen molar-refractivity contribution in [3.8, 4) is 5.75 Å². The molecule has 1 atom stereocenters. The predicted octanol–water partition coefficient (Wildman–Crippen LogP) is 2.52. The molecule has 0 fully saturated rings. The monoisotopic (exact) mass is 298 g/mol. The molecule has 5 heteroatoms. The van der Waals surface area contributed by atoms with Crippen LogP contribution < -0.4 is 15.8 Å². The number of carbonyl (C=O) groups is 1. The van der Waals surface area contributed by atoms with Gasteiger partial charge < -0.3 is 15.8 Å². The topological polar surface area (TPSA) is 64.3 Å². The highest BCUT2D eigenvalue weighted by molar-refractivity contribution is 6.30. The van der Waals surface area contributed by atoms with E-state index in [1.807, 2.05) is 13.0 Å². The van der Waals surface area contributed by atoms with E-state index >= 15 is 0 Å². The van der Waals surface area contributed by atoms with Gasteiger partial charge in [0, 0.05) is 11.1 Å². The first-order valence-corrected chi connectivity index (χ1v) is 7.35. The van der Waals surface area contributed by atoms with Gasteiger partial charge in [0.15, 0.2) is 6.61 Å². The number of ether oxygens (including phenoxy) is 1. The van der Waals surface area contributed by atoms with Gasteiger partial charge >= 0.3 is 0 Å². The SMILES string of the molecule is CCCC(C)NC(=O)COc1ccc(Cl)cc1CCN. The van der Waals surface area contributed by atoms with E-state index in [2.05, 4.69) is 12.2 Å². The van der Waals surface area contributed by atoms with Crippen molar-refractivity contribution in [3.63, 3.8) is 0 Å². The highest BCUT2D eigenvalue weighted by atomic mass is 35.5. The Balaban J connectivity index is 2.54. The molecule has 0 aliphatic rings. The van der Waals surface area contributed by atoms with Crippen molar-refractivity contribution in [2.75, 3.05) is 13.2 Å². The van der Waals surface area contributed by atoms with E-state index in [1.165, 1.54) is 0 Å². The number of benzene rings is 1. The van der Waals surface area contributed by atoms with Gasteiger partial charge in [0.2, 0.25) is 0 Å². The Bertz CT molecular complexity index is 438. The van der Waals surface area contributed by atoms with E-state index in [4.69, 9.17) is 22.1 Å². The second kappa shape index (κ2) is 8.82. The third kappa shape index (κ3) is 5.80. The molecule has 3 N–H and O–H groups in total. The quantitative estimate of drug-likeness (QED) is 0.775. The summed E-state index contributed by atoms with van der Waals surface area (Å²) in [4.78, 5) is 11.8. The van der Waals surface area contributed by atoms with Gasteiger partial charge in [-0.1, -0.05) is 24.9 Å². The van der Waals surface area contributed by atoms with Crippen LogP contribution in [0.4, 0.5) is 0 Å². The zero-order chi connectivity index (χ0) is 15.0. The molecule has 1 amide bonds. The Labute approximate surface area is 125 Å². The molecule has 20 heavy (non-hydrogen) atoms. The molecule has 0 heterocycles. The van der Waals surface area contributed by atoms with Crippen LogP contribution in [0.3, 0.4) is 0 Å². The van der Waals surface area contributed by atoms with E-state index in [0.717, 1.165) is 18.4 Å². The van der Waals surface area contributed by atoms with Crippen LogP contribution in [-0.2, 0) is 11.2 Å². The minimum atomic E-state index is -0.111. The summed E-state index contributed by atoms with van der Waals surface area (Å²) in [5, 5.41) is 3.54. The van der Waals surface area contributed by atoms with E-state index < -0.39 is 0 Å². The van der Waals surface area contributed by atoms with Crippen LogP contribution in [0.5, 0.6) is 5.75 Å². The molecule has 112 valence electrons. The van der Waals surface area contributed by atoms with Crippen LogP contribution in [0.25, 0.3) is 0 Å². The molecule has 0 saturated heterocycles. The van der Waals surface area contributed by atoms with Crippen molar-refractivity contribution < 1.29 is 9.53 Å². The van der Waals surface area contributed by atoms with Crippen LogP contribution in [-0.4, -0.2) is 25.1 Å². The third-order valence-corrected chi connectivity index (χ3v) is 3.16. The van der Waals surface area contributed by atoms with Gasteiger partial charge in [0.25, 0.3) is 5.91 Å². The Morgan fingerprint density at radius 2 is 2.25 bits per heavy atom. The van der Waals surface area contributed by atoms with E-state index in [0.29, 0.717) is 23.7 Å². The fourth-order valence-electron chi connectivity index (χ4n) is 2.00. The second-order valence-electron chi connectivity index (χ2n) is 4.84. The number of nitrogens with one attached hydrogen (secondary N) is 1. The molecule has 1 rings (SSSR count). The molecule has 0 aliphatic carbocycles. The van der Waals surface area contributed by atoms with Gasteiger partial charge in [-0.15, -0.1) is 0 Å². The van der Waals surface area contributed by atoms with Crippen LogP contribution in [0.1, 0.15) is 32.3 Å². The van der Waals surface area contributed by atoms with Crippen molar-refractivity contribution in [2.24, 2.45) is 5.73 Å². The first-order valence-electron chi connectivity index (χ1n) is 6.97. The molecule has 1 aromatic rings. The molecule has 1 unspecified atom stereocenters. The third-order valence-electron chi connectivity index (χ3n) is 2.92. The number of hydrogen-bond acceptors (Lipinski definition) is 3. The Kier molecular flexibility index (Phi) is 7.41. The van der Waals surface area contributed by atoms with E-state index in [1.54, 1.807) is 12.1 Å². The fourth-order valence-corrected chi connectivity index (χ4v) is 2.20. The maximum atomic E-state index is 11.8. The number of hydrogen-bond donors (Lipinski definition) is 2. The lowest BCUT2D eigenvalue weighted by atomic mass is 10.1. The Morgan fingerprint density at radius 1 is 1.50 bits per heavy atom. The Hall–Kier alpha value is -1.26. The lowest BCUT2D eigenvalue weighted by Gasteiger charge is -2.14. The predicted molar refractivity (Wildman–Crippen MR) is 82.2 cm³/mol. The van der Waals surface area contributed by atoms with Crippen molar-refractivity contribution in [3.05, 3.63) is 28.8 Å². The molecule has 0 bridgehead atoms. The maximum absolute atomic E-state index is 11.8. The lowest BCUT2D eigenvalue weighted by Crippen LogP contribution is -2.36. The first-order chi connectivity index (χ1) is 9.56. The van der Waals surface area contributed by atoms with Crippen LogP contribution >= 0.6 is 11.6 Å². The highest BCUT2D eigenvalue weighted by Crippen LogP contribution is 2.23. The molecule has 1 aromatic carbocycles. The summed E-state index contributed by atoms with van der Waals surface area (Å²) in [6.45, 7) is 4.60. The summed E-state index contributed by atoms with van der Waals surface area (Å²) < 4.78 is 5.56. The van der Waals surface area contributed by atoms with Crippen molar-refractivity contribution in [1.82, 2.24) is 5.32 Å². The van der Waals surface area contributed by atoms with Gasteiger partial charge in [0.1, 0.15) is 5.75 Å².